The summed E-state index contributed by atoms with van der Waals surface area (Å²) in [6, 6.07) is 4.87. The van der Waals surface area contributed by atoms with Crippen molar-refractivity contribution in [2.75, 3.05) is 36.8 Å². The van der Waals surface area contributed by atoms with Crippen molar-refractivity contribution in [1.29, 1.82) is 0 Å². The van der Waals surface area contributed by atoms with Crippen LogP contribution in [0.25, 0.3) is 0 Å². The molecule has 28 heavy (non-hydrogen) atoms. The van der Waals surface area contributed by atoms with Crippen LogP contribution >= 0.6 is 0 Å². The highest BCUT2D eigenvalue weighted by Crippen LogP contribution is 2.30. The minimum Gasteiger partial charge on any atom is -0.452 e. The molecule has 0 radical (unpaired) electrons. The van der Waals surface area contributed by atoms with Crippen molar-refractivity contribution in [3.05, 3.63) is 29.3 Å². The van der Waals surface area contributed by atoms with Gasteiger partial charge in [0.15, 0.2) is 6.61 Å². The van der Waals surface area contributed by atoms with Gasteiger partial charge >= 0.3 is 5.97 Å². The van der Waals surface area contributed by atoms with Gasteiger partial charge in [-0.1, -0.05) is 13.8 Å². The Hall–Kier alpha value is -2.09. The fourth-order valence-corrected chi connectivity index (χ4v) is 5.20. The molecule has 0 unspecified atom stereocenters. The van der Waals surface area contributed by atoms with Gasteiger partial charge in [-0.15, -0.1) is 0 Å². The summed E-state index contributed by atoms with van der Waals surface area (Å²) in [5.41, 5.74) is 1.75. The van der Waals surface area contributed by atoms with Gasteiger partial charge in [0.05, 0.1) is 17.5 Å². The SMILES string of the molecule is C[C@@H]1C[C@@H](C)CN(C(=O)COC(=O)c2ccc3c(c2)CCCN3S(C)(=O)=O)C1. The highest BCUT2D eigenvalue weighted by molar-refractivity contribution is 7.92. The van der Waals surface area contributed by atoms with Gasteiger partial charge in [-0.3, -0.25) is 9.10 Å². The molecule has 0 bridgehead atoms. The fraction of sp³-hybridized carbons (Fsp3) is 0.600. The Morgan fingerprint density at radius 2 is 1.86 bits per heavy atom. The van der Waals surface area contributed by atoms with Crippen molar-refractivity contribution in [2.24, 2.45) is 11.8 Å². The maximum Gasteiger partial charge on any atom is 0.338 e. The second-order valence-corrected chi connectivity index (χ2v) is 10.0. The van der Waals surface area contributed by atoms with Crippen LogP contribution in [-0.4, -0.2) is 57.7 Å². The maximum atomic E-state index is 12.4. The molecule has 154 valence electrons. The highest BCUT2D eigenvalue weighted by atomic mass is 32.2. The van der Waals surface area contributed by atoms with E-state index in [1.807, 2.05) is 0 Å². The molecule has 7 nitrogen and oxygen atoms in total. The Kier molecular flexibility index (Phi) is 5.98. The van der Waals surface area contributed by atoms with Gasteiger partial charge in [0.2, 0.25) is 10.0 Å². The Balaban J connectivity index is 1.64. The molecule has 1 aromatic carbocycles. The Morgan fingerprint density at radius 1 is 1.18 bits per heavy atom. The number of nitrogens with zero attached hydrogens (tertiary/aromatic N) is 2. The number of piperidine rings is 1. The molecule has 0 aromatic heterocycles. The van der Waals surface area contributed by atoms with Gasteiger partial charge in [0, 0.05) is 19.6 Å². The summed E-state index contributed by atoms with van der Waals surface area (Å²) in [6.45, 7) is 5.80. The largest absolute Gasteiger partial charge is 0.452 e. The smallest absolute Gasteiger partial charge is 0.338 e. The second kappa shape index (κ2) is 8.11. The number of esters is 1. The van der Waals surface area contributed by atoms with Gasteiger partial charge in [-0.25, -0.2) is 13.2 Å². The first-order chi connectivity index (χ1) is 13.1. The molecule has 2 aliphatic rings. The molecule has 0 spiro atoms. The Labute approximate surface area is 166 Å². The number of sulfonamides is 1. The number of ether oxygens (including phenoxy) is 1. The van der Waals surface area contributed by atoms with Crippen molar-refractivity contribution >= 4 is 27.6 Å². The van der Waals surface area contributed by atoms with Crippen molar-refractivity contribution in [3.8, 4) is 0 Å². The Morgan fingerprint density at radius 3 is 2.50 bits per heavy atom. The first-order valence-electron chi connectivity index (χ1n) is 9.70. The zero-order chi connectivity index (χ0) is 20.5. The van der Waals surface area contributed by atoms with Gasteiger partial charge in [0.25, 0.3) is 5.91 Å². The Bertz CT molecular complexity index is 857. The molecular formula is C20H28N2O5S. The van der Waals surface area contributed by atoms with E-state index in [9.17, 15) is 18.0 Å². The third-order valence-corrected chi connectivity index (χ3v) is 6.52. The van der Waals surface area contributed by atoms with Gasteiger partial charge in [-0.05, 0) is 54.9 Å². The van der Waals surface area contributed by atoms with Crippen molar-refractivity contribution in [1.82, 2.24) is 4.90 Å². The first-order valence-corrected chi connectivity index (χ1v) is 11.6. The normalized spacial score (nSPS) is 22.5. The molecular weight excluding hydrogens is 380 g/mol. The van der Waals surface area contributed by atoms with Gasteiger partial charge < -0.3 is 9.64 Å². The zero-order valence-corrected chi connectivity index (χ0v) is 17.5. The van der Waals surface area contributed by atoms with Crippen LogP contribution in [0.4, 0.5) is 5.69 Å². The predicted octanol–water partition coefficient (Wildman–Crippen LogP) is 2.06. The molecule has 1 aromatic rings. The summed E-state index contributed by atoms with van der Waals surface area (Å²) < 4.78 is 30.5. The summed E-state index contributed by atoms with van der Waals surface area (Å²) in [5.74, 6) is 0.155. The third-order valence-electron chi connectivity index (χ3n) is 5.34. The monoisotopic (exact) mass is 408 g/mol. The number of carbonyl (C=O) groups is 2. The van der Waals surface area contributed by atoms with Crippen LogP contribution in [0.3, 0.4) is 0 Å². The number of likely N-dealkylation sites (tertiary alicyclic amines) is 1. The van der Waals surface area contributed by atoms with Crippen LogP contribution in [0, 0.1) is 11.8 Å². The summed E-state index contributed by atoms with van der Waals surface area (Å²) >= 11 is 0. The van der Waals surface area contributed by atoms with Crippen molar-refractivity contribution < 1.29 is 22.7 Å². The van der Waals surface area contributed by atoms with E-state index in [1.165, 1.54) is 10.6 Å². The zero-order valence-electron chi connectivity index (χ0n) is 16.7. The van der Waals surface area contributed by atoms with E-state index in [2.05, 4.69) is 13.8 Å². The van der Waals surface area contributed by atoms with Crippen LogP contribution < -0.4 is 4.31 Å². The topological polar surface area (TPSA) is 84.0 Å². The molecule has 1 amide bonds. The summed E-state index contributed by atoms with van der Waals surface area (Å²) in [5, 5.41) is 0. The minimum atomic E-state index is -3.35. The molecule has 0 aliphatic carbocycles. The van der Waals surface area contributed by atoms with Crippen LogP contribution in [0.1, 0.15) is 42.6 Å². The van der Waals surface area contributed by atoms with E-state index in [0.29, 0.717) is 55.6 Å². The maximum absolute atomic E-state index is 12.4. The van der Waals surface area contributed by atoms with Crippen molar-refractivity contribution in [2.45, 2.75) is 33.1 Å². The fourth-order valence-electron chi connectivity index (χ4n) is 4.20. The third kappa shape index (κ3) is 4.66. The van der Waals surface area contributed by atoms with Gasteiger partial charge in [0.1, 0.15) is 0 Å². The minimum absolute atomic E-state index is 0.173. The molecule has 2 atom stereocenters. The number of carbonyl (C=O) groups excluding carboxylic acids is 2. The summed E-state index contributed by atoms with van der Waals surface area (Å²) in [7, 11) is -3.35. The molecule has 2 heterocycles. The number of amides is 1. The number of benzene rings is 1. The van der Waals surface area contributed by atoms with E-state index in [4.69, 9.17) is 4.74 Å². The van der Waals surface area contributed by atoms with E-state index in [1.54, 1.807) is 23.1 Å². The predicted molar refractivity (Wildman–Crippen MR) is 107 cm³/mol. The number of rotatable bonds is 4. The lowest BCUT2D eigenvalue weighted by Gasteiger charge is -2.34. The first kappa shape index (κ1) is 20.6. The number of hydrogen-bond acceptors (Lipinski definition) is 5. The number of fused-ring (bicyclic) bond motifs is 1. The average molecular weight is 409 g/mol. The lowest BCUT2D eigenvalue weighted by molar-refractivity contribution is -0.137. The number of anilines is 1. The molecule has 2 aliphatic heterocycles. The van der Waals surface area contributed by atoms with Gasteiger partial charge in [-0.2, -0.15) is 0 Å². The second-order valence-electron chi connectivity index (χ2n) is 8.10. The van der Waals surface area contributed by atoms with E-state index in [0.717, 1.165) is 12.0 Å². The number of aryl methyl sites for hydroxylation is 1. The van der Waals surface area contributed by atoms with Crippen LogP contribution in [0.2, 0.25) is 0 Å². The molecule has 3 rings (SSSR count). The standard InChI is InChI=1S/C20H28N2O5S/c1-14-9-15(2)12-21(11-14)19(23)13-27-20(24)17-6-7-18-16(10-17)5-4-8-22(18)28(3,25)26/h6-7,10,14-15H,4-5,8-9,11-13H2,1-3H3/t14-,15-/m1/s1. The summed E-state index contributed by atoms with van der Waals surface area (Å²) in [6.07, 6.45) is 3.68. The lowest BCUT2D eigenvalue weighted by Crippen LogP contribution is -2.44. The van der Waals surface area contributed by atoms with Crippen molar-refractivity contribution in [3.63, 3.8) is 0 Å². The molecule has 0 N–H and O–H groups in total. The summed E-state index contributed by atoms with van der Waals surface area (Å²) in [4.78, 5) is 26.6. The van der Waals surface area contributed by atoms with E-state index in [-0.39, 0.29) is 12.5 Å². The quantitative estimate of drug-likeness (QED) is 0.712. The molecule has 8 heteroatoms. The molecule has 0 saturated carbocycles. The van der Waals surface area contributed by atoms with Crippen LogP contribution in [0.5, 0.6) is 0 Å². The molecule has 1 fully saturated rings. The lowest BCUT2D eigenvalue weighted by atomic mass is 9.92. The average Bonchev–Trinajstić information content (AvgIpc) is 2.63. The highest BCUT2D eigenvalue weighted by Gasteiger charge is 2.27. The van der Waals surface area contributed by atoms with Crippen LogP contribution in [-0.2, 0) is 26.0 Å². The molecule has 1 saturated heterocycles. The van der Waals surface area contributed by atoms with E-state index < -0.39 is 16.0 Å². The number of hydrogen-bond donors (Lipinski definition) is 0. The van der Waals surface area contributed by atoms with E-state index >= 15 is 0 Å². The van der Waals surface area contributed by atoms with Crippen LogP contribution in [0.15, 0.2) is 18.2 Å².